The fourth-order valence-corrected chi connectivity index (χ4v) is 3.13. The molecule has 0 saturated carbocycles. The lowest BCUT2D eigenvalue weighted by atomic mass is 10.2. The highest BCUT2D eigenvalue weighted by Gasteiger charge is 2.11. The second-order valence-corrected chi connectivity index (χ2v) is 5.87. The van der Waals surface area contributed by atoms with Gasteiger partial charge in [-0.15, -0.1) is 10.2 Å². The number of hydrogen-bond donors (Lipinski definition) is 1. The van der Waals surface area contributed by atoms with Crippen molar-refractivity contribution in [1.29, 1.82) is 0 Å². The van der Waals surface area contributed by atoms with Crippen molar-refractivity contribution in [3.8, 4) is 0 Å². The average Bonchev–Trinajstić information content (AvgIpc) is 2.84. The first kappa shape index (κ1) is 15.4. The van der Waals surface area contributed by atoms with Crippen molar-refractivity contribution in [1.82, 2.24) is 14.8 Å². The van der Waals surface area contributed by atoms with Crippen LogP contribution in [0.2, 0.25) is 5.02 Å². The maximum atomic E-state index is 9.25. The Morgan fingerprint density at radius 2 is 2.10 bits per heavy atom. The Bertz CT molecular complexity index is 559. The smallest absolute Gasteiger partial charge is 0.191 e. The standard InChI is InChI=1S/C14H18ClN3OS/c1-2-8-18-13(10-19)16-17-14(18)20-9-7-11-5-3-4-6-12(11)15/h3-6,19H,2,7-10H2,1H3. The Kier molecular flexibility index (Phi) is 5.88. The van der Waals surface area contributed by atoms with Gasteiger partial charge in [0.25, 0.3) is 0 Å². The van der Waals surface area contributed by atoms with E-state index in [0.717, 1.165) is 40.9 Å². The van der Waals surface area contributed by atoms with Gasteiger partial charge in [0.2, 0.25) is 0 Å². The van der Waals surface area contributed by atoms with Gasteiger partial charge in [-0.3, -0.25) is 0 Å². The summed E-state index contributed by atoms with van der Waals surface area (Å²) in [5, 5.41) is 19.1. The number of aryl methyl sites for hydroxylation is 1. The number of hydrogen-bond acceptors (Lipinski definition) is 4. The van der Waals surface area contributed by atoms with E-state index in [-0.39, 0.29) is 6.61 Å². The summed E-state index contributed by atoms with van der Waals surface area (Å²) in [6.07, 6.45) is 1.88. The fraction of sp³-hybridized carbons (Fsp3) is 0.429. The molecule has 0 atom stereocenters. The number of halogens is 1. The molecule has 0 radical (unpaired) electrons. The van der Waals surface area contributed by atoms with E-state index in [1.807, 2.05) is 28.8 Å². The molecule has 20 heavy (non-hydrogen) atoms. The predicted octanol–water partition coefficient (Wildman–Crippen LogP) is 3.17. The Morgan fingerprint density at radius 1 is 1.30 bits per heavy atom. The molecule has 1 aromatic heterocycles. The molecule has 1 aromatic carbocycles. The molecule has 0 aliphatic rings. The van der Waals surface area contributed by atoms with Crippen LogP contribution in [0.1, 0.15) is 24.7 Å². The second kappa shape index (κ2) is 7.67. The SMILES string of the molecule is CCCn1c(CO)nnc1SCCc1ccccc1Cl. The quantitative estimate of drug-likeness (QED) is 0.798. The minimum atomic E-state index is -0.0714. The third-order valence-electron chi connectivity index (χ3n) is 2.94. The second-order valence-electron chi connectivity index (χ2n) is 4.40. The van der Waals surface area contributed by atoms with E-state index in [1.165, 1.54) is 0 Å². The highest BCUT2D eigenvalue weighted by molar-refractivity contribution is 7.99. The Balaban J connectivity index is 1.97. The summed E-state index contributed by atoms with van der Waals surface area (Å²) in [6.45, 7) is 2.86. The van der Waals surface area contributed by atoms with E-state index in [9.17, 15) is 5.11 Å². The summed E-state index contributed by atoms with van der Waals surface area (Å²) >= 11 is 7.78. The first-order valence-electron chi connectivity index (χ1n) is 6.65. The third kappa shape index (κ3) is 3.75. The van der Waals surface area contributed by atoms with Crippen LogP contribution < -0.4 is 0 Å². The number of thioether (sulfide) groups is 1. The summed E-state index contributed by atoms with van der Waals surface area (Å²) in [7, 11) is 0. The van der Waals surface area contributed by atoms with Gasteiger partial charge in [-0.2, -0.15) is 0 Å². The van der Waals surface area contributed by atoms with E-state index < -0.39 is 0 Å². The van der Waals surface area contributed by atoms with Crippen LogP contribution in [0.15, 0.2) is 29.4 Å². The zero-order valence-corrected chi connectivity index (χ0v) is 13.0. The normalized spacial score (nSPS) is 10.9. The Labute approximate surface area is 128 Å². The number of benzene rings is 1. The van der Waals surface area contributed by atoms with Crippen LogP contribution >= 0.6 is 23.4 Å². The molecule has 2 aromatic rings. The largest absolute Gasteiger partial charge is 0.388 e. The van der Waals surface area contributed by atoms with Crippen LogP contribution in [-0.2, 0) is 19.6 Å². The molecule has 0 fully saturated rings. The molecule has 0 amide bonds. The van der Waals surface area contributed by atoms with Crippen molar-refractivity contribution in [2.75, 3.05) is 5.75 Å². The topological polar surface area (TPSA) is 50.9 Å². The number of rotatable bonds is 7. The van der Waals surface area contributed by atoms with Crippen LogP contribution in [0.4, 0.5) is 0 Å². The van der Waals surface area contributed by atoms with Gasteiger partial charge in [-0.1, -0.05) is 48.5 Å². The molecular formula is C14H18ClN3OS. The highest BCUT2D eigenvalue weighted by Crippen LogP contribution is 2.21. The summed E-state index contributed by atoms with van der Waals surface area (Å²) in [6, 6.07) is 7.88. The van der Waals surface area contributed by atoms with Crippen molar-refractivity contribution < 1.29 is 5.11 Å². The minimum absolute atomic E-state index is 0.0714. The molecule has 1 heterocycles. The zero-order valence-electron chi connectivity index (χ0n) is 11.4. The molecule has 108 valence electrons. The van der Waals surface area contributed by atoms with E-state index in [1.54, 1.807) is 11.8 Å². The number of nitrogens with zero attached hydrogens (tertiary/aromatic N) is 3. The first-order valence-corrected chi connectivity index (χ1v) is 8.01. The third-order valence-corrected chi connectivity index (χ3v) is 4.28. The van der Waals surface area contributed by atoms with Gasteiger partial charge in [-0.05, 0) is 24.5 Å². The van der Waals surface area contributed by atoms with Gasteiger partial charge >= 0.3 is 0 Å². The van der Waals surface area contributed by atoms with E-state index in [0.29, 0.717) is 5.82 Å². The summed E-state index contributed by atoms with van der Waals surface area (Å²) in [5.74, 6) is 1.52. The molecule has 0 spiro atoms. The lowest BCUT2D eigenvalue weighted by Crippen LogP contribution is -2.05. The fourth-order valence-electron chi connectivity index (χ4n) is 1.94. The van der Waals surface area contributed by atoms with Crippen LogP contribution in [0, 0.1) is 0 Å². The monoisotopic (exact) mass is 311 g/mol. The van der Waals surface area contributed by atoms with Crippen molar-refractivity contribution in [2.45, 2.75) is 38.1 Å². The molecular weight excluding hydrogens is 294 g/mol. The highest BCUT2D eigenvalue weighted by atomic mass is 35.5. The number of aliphatic hydroxyl groups is 1. The van der Waals surface area contributed by atoms with Gasteiger partial charge in [0, 0.05) is 17.3 Å². The maximum absolute atomic E-state index is 9.25. The summed E-state index contributed by atoms with van der Waals surface area (Å²) in [5.41, 5.74) is 1.14. The number of aliphatic hydroxyl groups excluding tert-OH is 1. The van der Waals surface area contributed by atoms with Crippen molar-refractivity contribution in [3.05, 3.63) is 40.7 Å². The van der Waals surface area contributed by atoms with Gasteiger partial charge in [0.05, 0.1) is 0 Å². The molecule has 1 N–H and O–H groups in total. The van der Waals surface area contributed by atoms with Crippen LogP contribution in [-0.4, -0.2) is 25.6 Å². The predicted molar refractivity (Wildman–Crippen MR) is 82.1 cm³/mol. The van der Waals surface area contributed by atoms with E-state index in [4.69, 9.17) is 11.6 Å². The molecule has 0 aliphatic heterocycles. The van der Waals surface area contributed by atoms with Crippen LogP contribution in [0.3, 0.4) is 0 Å². The summed E-state index contributed by atoms with van der Waals surface area (Å²) in [4.78, 5) is 0. The lowest BCUT2D eigenvalue weighted by Gasteiger charge is -2.07. The van der Waals surface area contributed by atoms with Gasteiger partial charge in [0.1, 0.15) is 6.61 Å². The van der Waals surface area contributed by atoms with E-state index in [2.05, 4.69) is 17.1 Å². The lowest BCUT2D eigenvalue weighted by molar-refractivity contribution is 0.263. The van der Waals surface area contributed by atoms with Crippen molar-refractivity contribution >= 4 is 23.4 Å². The van der Waals surface area contributed by atoms with E-state index >= 15 is 0 Å². The van der Waals surface area contributed by atoms with Crippen molar-refractivity contribution in [2.24, 2.45) is 0 Å². The molecule has 0 saturated heterocycles. The molecule has 0 unspecified atom stereocenters. The average molecular weight is 312 g/mol. The Hall–Kier alpha value is -1.04. The Morgan fingerprint density at radius 3 is 2.80 bits per heavy atom. The van der Waals surface area contributed by atoms with Gasteiger partial charge in [0.15, 0.2) is 11.0 Å². The molecule has 0 aliphatic carbocycles. The molecule has 6 heteroatoms. The summed E-state index contributed by atoms with van der Waals surface area (Å²) < 4.78 is 1.98. The molecule has 0 bridgehead atoms. The van der Waals surface area contributed by atoms with Crippen LogP contribution in [0.25, 0.3) is 0 Å². The van der Waals surface area contributed by atoms with Crippen LogP contribution in [0.5, 0.6) is 0 Å². The first-order chi connectivity index (χ1) is 9.76. The molecule has 2 rings (SSSR count). The van der Waals surface area contributed by atoms with Gasteiger partial charge < -0.3 is 9.67 Å². The van der Waals surface area contributed by atoms with Gasteiger partial charge in [-0.25, -0.2) is 0 Å². The van der Waals surface area contributed by atoms with Crippen molar-refractivity contribution in [3.63, 3.8) is 0 Å². The number of aromatic nitrogens is 3. The zero-order chi connectivity index (χ0) is 14.4. The minimum Gasteiger partial charge on any atom is -0.388 e. The maximum Gasteiger partial charge on any atom is 0.191 e. The molecule has 4 nitrogen and oxygen atoms in total.